The summed E-state index contributed by atoms with van der Waals surface area (Å²) in [4.78, 5) is 37.4. The molecule has 6 heteroatoms. The molecule has 0 spiro atoms. The molecule has 2 heterocycles. The minimum absolute atomic E-state index is 0. The van der Waals surface area contributed by atoms with Crippen LogP contribution in [0.4, 0.5) is 0 Å². The molecule has 0 aromatic carbocycles. The maximum atomic E-state index is 12.4. The summed E-state index contributed by atoms with van der Waals surface area (Å²) >= 11 is 0. The molecule has 1 unspecified atom stereocenters. The number of ketones is 2. The fourth-order valence-electron chi connectivity index (χ4n) is 2.61. The van der Waals surface area contributed by atoms with E-state index < -0.39 is 11.5 Å². The Hall–Kier alpha value is -1.62. The molecule has 0 bridgehead atoms. The first kappa shape index (κ1) is 14.8. The average Bonchev–Trinajstić information content (AvgIpc) is 2.80. The van der Waals surface area contributed by atoms with Crippen LogP contribution in [0, 0.1) is 5.92 Å². The number of halogens is 1. The first-order valence-corrected chi connectivity index (χ1v) is 6.47. The highest BCUT2D eigenvalue weighted by atomic mass is 35.5. The number of carbonyl (C=O) groups excluding carboxylic acids is 2. The molecule has 0 aromatic heterocycles. The average molecular weight is 294 g/mol. The number of aliphatic imine (C=N–C) groups is 3. The van der Waals surface area contributed by atoms with Gasteiger partial charge in [0.05, 0.1) is 11.6 Å². The predicted octanol–water partition coefficient (Wildman–Crippen LogP) is 1.95. The van der Waals surface area contributed by atoms with E-state index in [1.165, 1.54) is 0 Å². The highest BCUT2D eigenvalue weighted by Crippen LogP contribution is 2.36. The Balaban J connectivity index is 0.00000147. The zero-order chi connectivity index (χ0) is 13.8. The standard InChI is InChI=1S/C14H15N3O2.ClH/c1-4-10-16-11-8-6-15-14(2,3)13(19)7(8)5-9(18)12(11)17-10;/h6-7H,4-5H2,1-3H3;1H. The fourth-order valence-corrected chi connectivity index (χ4v) is 2.61. The van der Waals surface area contributed by atoms with E-state index >= 15 is 0 Å². The van der Waals surface area contributed by atoms with E-state index in [2.05, 4.69) is 15.0 Å². The van der Waals surface area contributed by atoms with E-state index in [0.29, 0.717) is 23.7 Å². The number of Topliss-reactive ketones (excluding diaryl/α,β-unsaturated/α-hetero) is 2. The Morgan fingerprint density at radius 1 is 1.30 bits per heavy atom. The van der Waals surface area contributed by atoms with E-state index in [0.717, 1.165) is 5.57 Å². The minimum atomic E-state index is -0.750. The smallest absolute Gasteiger partial charge is 0.184 e. The van der Waals surface area contributed by atoms with Crippen molar-refractivity contribution in [2.24, 2.45) is 20.9 Å². The summed E-state index contributed by atoms with van der Waals surface area (Å²) in [5.74, 6) is 0.145. The number of allylic oxidation sites excluding steroid dienone is 2. The second-order valence-corrected chi connectivity index (χ2v) is 5.51. The lowest BCUT2D eigenvalue weighted by Gasteiger charge is -2.32. The number of hydrogen-bond donors (Lipinski definition) is 0. The Morgan fingerprint density at radius 3 is 2.65 bits per heavy atom. The number of amidine groups is 1. The summed E-state index contributed by atoms with van der Waals surface area (Å²) in [7, 11) is 0. The van der Waals surface area contributed by atoms with Crippen LogP contribution in [0.2, 0.25) is 0 Å². The molecule has 0 amide bonds. The summed E-state index contributed by atoms with van der Waals surface area (Å²) in [5, 5.41) is 0. The molecule has 20 heavy (non-hydrogen) atoms. The summed E-state index contributed by atoms with van der Waals surface area (Å²) in [6.07, 6.45) is 2.57. The normalized spacial score (nSPS) is 26.6. The monoisotopic (exact) mass is 293 g/mol. The van der Waals surface area contributed by atoms with Crippen LogP contribution < -0.4 is 0 Å². The lowest BCUT2D eigenvalue weighted by atomic mass is 9.74. The van der Waals surface area contributed by atoms with Crippen LogP contribution in [0.3, 0.4) is 0 Å². The van der Waals surface area contributed by atoms with Crippen LogP contribution in [-0.2, 0) is 9.59 Å². The van der Waals surface area contributed by atoms with Gasteiger partial charge in [-0.15, -0.1) is 12.4 Å². The zero-order valence-corrected chi connectivity index (χ0v) is 12.5. The van der Waals surface area contributed by atoms with Gasteiger partial charge in [0.2, 0.25) is 0 Å². The van der Waals surface area contributed by atoms with Crippen molar-refractivity contribution in [3.05, 3.63) is 11.3 Å². The van der Waals surface area contributed by atoms with Gasteiger partial charge in [-0.2, -0.15) is 0 Å². The molecule has 0 saturated carbocycles. The van der Waals surface area contributed by atoms with Crippen LogP contribution in [0.25, 0.3) is 0 Å². The second-order valence-electron chi connectivity index (χ2n) is 5.51. The molecule has 5 nitrogen and oxygen atoms in total. The third kappa shape index (κ3) is 1.97. The number of rotatable bonds is 1. The lowest BCUT2D eigenvalue weighted by molar-refractivity contribution is -0.128. The quantitative estimate of drug-likeness (QED) is 0.741. The SMILES string of the molecule is CCC1=NC2=C3C=NC(C)(C)C(=O)C3CC(=O)C2=N1.Cl. The topological polar surface area (TPSA) is 71.2 Å². The van der Waals surface area contributed by atoms with Crippen molar-refractivity contribution in [3.8, 4) is 0 Å². The number of fused-ring (bicyclic) bond motifs is 2. The largest absolute Gasteiger partial charge is 0.296 e. The Labute approximate surface area is 123 Å². The highest BCUT2D eigenvalue weighted by Gasteiger charge is 2.45. The van der Waals surface area contributed by atoms with Gasteiger partial charge in [-0.1, -0.05) is 6.92 Å². The Morgan fingerprint density at radius 2 is 2.00 bits per heavy atom. The number of nitrogens with zero attached hydrogens (tertiary/aromatic N) is 3. The van der Waals surface area contributed by atoms with Crippen molar-refractivity contribution >= 4 is 41.7 Å². The van der Waals surface area contributed by atoms with E-state index in [9.17, 15) is 9.59 Å². The van der Waals surface area contributed by atoms with Crippen LogP contribution in [0.1, 0.15) is 33.6 Å². The van der Waals surface area contributed by atoms with Crippen LogP contribution in [0.5, 0.6) is 0 Å². The first-order chi connectivity index (χ1) is 8.94. The molecule has 0 N–H and O–H groups in total. The molecule has 0 fully saturated rings. The summed E-state index contributed by atoms with van der Waals surface area (Å²) < 4.78 is 0. The predicted molar refractivity (Wildman–Crippen MR) is 80.1 cm³/mol. The van der Waals surface area contributed by atoms with Crippen molar-refractivity contribution < 1.29 is 9.59 Å². The van der Waals surface area contributed by atoms with Gasteiger partial charge in [-0.25, -0.2) is 9.98 Å². The maximum absolute atomic E-state index is 12.4. The van der Waals surface area contributed by atoms with Crippen molar-refractivity contribution in [3.63, 3.8) is 0 Å². The van der Waals surface area contributed by atoms with Crippen molar-refractivity contribution in [1.29, 1.82) is 0 Å². The number of hydrogen-bond acceptors (Lipinski definition) is 5. The molecule has 106 valence electrons. The minimum Gasteiger partial charge on any atom is -0.296 e. The summed E-state index contributed by atoms with van der Waals surface area (Å²) in [6, 6.07) is 0. The molecule has 3 aliphatic rings. The van der Waals surface area contributed by atoms with Gasteiger partial charge in [0.25, 0.3) is 0 Å². The zero-order valence-electron chi connectivity index (χ0n) is 11.6. The van der Waals surface area contributed by atoms with Gasteiger partial charge in [-0.3, -0.25) is 14.6 Å². The highest BCUT2D eigenvalue weighted by molar-refractivity contribution is 6.51. The third-order valence-electron chi connectivity index (χ3n) is 3.77. The summed E-state index contributed by atoms with van der Waals surface area (Å²) in [6.45, 7) is 5.49. The molecule has 1 atom stereocenters. The van der Waals surface area contributed by atoms with Gasteiger partial charge in [-0.05, 0) is 13.8 Å². The van der Waals surface area contributed by atoms with Gasteiger partial charge in [0, 0.05) is 24.6 Å². The van der Waals surface area contributed by atoms with Crippen LogP contribution in [0.15, 0.2) is 26.2 Å². The van der Waals surface area contributed by atoms with Gasteiger partial charge < -0.3 is 0 Å². The molecule has 0 saturated heterocycles. The molecule has 0 radical (unpaired) electrons. The van der Waals surface area contributed by atoms with E-state index in [1.54, 1.807) is 20.1 Å². The lowest BCUT2D eigenvalue weighted by Crippen LogP contribution is -2.44. The molecule has 2 aliphatic heterocycles. The van der Waals surface area contributed by atoms with Crippen molar-refractivity contribution in [1.82, 2.24) is 0 Å². The van der Waals surface area contributed by atoms with Crippen molar-refractivity contribution in [2.75, 3.05) is 0 Å². The van der Waals surface area contributed by atoms with E-state index in [1.807, 2.05) is 6.92 Å². The maximum Gasteiger partial charge on any atom is 0.184 e. The fraction of sp³-hybridized carbons (Fsp3) is 0.500. The molecule has 0 aromatic rings. The third-order valence-corrected chi connectivity index (χ3v) is 3.77. The second kappa shape index (κ2) is 4.74. The molecule has 1 aliphatic carbocycles. The Bertz CT molecular complexity index is 626. The molecule has 3 rings (SSSR count). The van der Waals surface area contributed by atoms with E-state index in [-0.39, 0.29) is 30.4 Å². The van der Waals surface area contributed by atoms with Crippen LogP contribution >= 0.6 is 12.4 Å². The van der Waals surface area contributed by atoms with Gasteiger partial charge >= 0.3 is 0 Å². The first-order valence-electron chi connectivity index (χ1n) is 6.47. The molecular weight excluding hydrogens is 278 g/mol. The van der Waals surface area contributed by atoms with Crippen LogP contribution in [-0.4, -0.2) is 34.9 Å². The van der Waals surface area contributed by atoms with Crippen molar-refractivity contribution in [2.45, 2.75) is 39.2 Å². The Kier molecular flexibility index (Phi) is 3.50. The number of carbonyl (C=O) groups is 2. The van der Waals surface area contributed by atoms with Gasteiger partial charge in [0.1, 0.15) is 17.1 Å². The van der Waals surface area contributed by atoms with Gasteiger partial charge in [0.15, 0.2) is 11.6 Å². The molecular formula is C14H16ClN3O2. The van der Waals surface area contributed by atoms with E-state index in [4.69, 9.17) is 0 Å². The summed E-state index contributed by atoms with van der Waals surface area (Å²) in [5.41, 5.74) is 0.971.